The summed E-state index contributed by atoms with van der Waals surface area (Å²) >= 11 is 0. The number of hydrogen-bond acceptors (Lipinski definition) is 4. The van der Waals surface area contributed by atoms with Gasteiger partial charge in [-0.25, -0.2) is 4.79 Å². The van der Waals surface area contributed by atoms with Crippen molar-refractivity contribution in [2.24, 2.45) is 11.8 Å². The van der Waals surface area contributed by atoms with Crippen LogP contribution in [0.3, 0.4) is 0 Å². The Kier molecular flexibility index (Phi) is 3.66. The molecule has 4 nitrogen and oxygen atoms in total. The highest BCUT2D eigenvalue weighted by molar-refractivity contribution is 5.75. The van der Waals surface area contributed by atoms with Gasteiger partial charge < -0.3 is 14.6 Å². The van der Waals surface area contributed by atoms with Crippen LogP contribution in [0.2, 0.25) is 0 Å². The molecule has 4 unspecified atom stereocenters. The van der Waals surface area contributed by atoms with E-state index in [2.05, 4.69) is 0 Å². The van der Waals surface area contributed by atoms with Crippen LogP contribution in [0.1, 0.15) is 13.8 Å². The van der Waals surface area contributed by atoms with E-state index in [1.54, 1.807) is 13.0 Å². The number of carbonyl (C=O) groups is 1. The maximum Gasteiger partial charge on any atom is 0.340 e. The van der Waals surface area contributed by atoms with Gasteiger partial charge in [-0.1, -0.05) is 13.8 Å². The molecule has 80 valence electrons. The average Bonchev–Trinajstić information content (AvgIpc) is 2.16. The molecule has 1 heterocycles. The molecule has 1 rings (SSSR count). The van der Waals surface area contributed by atoms with Crippen LogP contribution in [-0.4, -0.2) is 30.4 Å². The van der Waals surface area contributed by atoms with Gasteiger partial charge in [-0.05, 0) is 6.08 Å². The molecule has 0 aromatic heterocycles. The maximum atomic E-state index is 11.4. The van der Waals surface area contributed by atoms with Gasteiger partial charge in [0.25, 0.3) is 0 Å². The van der Waals surface area contributed by atoms with E-state index >= 15 is 0 Å². The number of aliphatic hydroxyl groups excluding tert-OH is 1. The Bertz CT molecular complexity index is 236. The van der Waals surface area contributed by atoms with Gasteiger partial charge in [-0.2, -0.15) is 0 Å². The first kappa shape index (κ1) is 11.2. The molecule has 1 aliphatic rings. The van der Waals surface area contributed by atoms with E-state index in [0.29, 0.717) is 0 Å². The molecule has 0 amide bonds. The lowest BCUT2D eigenvalue weighted by atomic mass is 9.88. The smallest absolute Gasteiger partial charge is 0.340 e. The van der Waals surface area contributed by atoms with Crippen LogP contribution in [0.4, 0.5) is 0 Å². The van der Waals surface area contributed by atoms with Gasteiger partial charge in [-0.15, -0.1) is 0 Å². The third-order valence-corrected chi connectivity index (χ3v) is 2.61. The first-order valence-electron chi connectivity index (χ1n) is 4.66. The number of ether oxygens (including phenoxy) is 2. The van der Waals surface area contributed by atoms with Crippen molar-refractivity contribution in [1.82, 2.24) is 0 Å². The van der Waals surface area contributed by atoms with Crippen LogP contribution in [0.25, 0.3) is 0 Å². The molecule has 0 saturated heterocycles. The maximum absolute atomic E-state index is 11.4. The second-order valence-electron chi connectivity index (χ2n) is 3.63. The Labute approximate surface area is 83.5 Å². The topological polar surface area (TPSA) is 55.8 Å². The molecule has 0 aromatic carbocycles. The Morgan fingerprint density at radius 2 is 2.14 bits per heavy atom. The van der Waals surface area contributed by atoms with Gasteiger partial charge in [-0.3, -0.25) is 0 Å². The molecule has 4 atom stereocenters. The normalized spacial score (nSPS) is 41.0. The van der Waals surface area contributed by atoms with Crippen molar-refractivity contribution < 1.29 is 19.4 Å². The predicted octanol–water partition coefficient (Wildman–Crippen LogP) is 0.705. The zero-order valence-corrected chi connectivity index (χ0v) is 8.64. The van der Waals surface area contributed by atoms with E-state index in [9.17, 15) is 9.90 Å². The molecule has 14 heavy (non-hydrogen) atoms. The quantitative estimate of drug-likeness (QED) is 0.633. The van der Waals surface area contributed by atoms with E-state index in [1.165, 1.54) is 13.4 Å². The summed E-state index contributed by atoms with van der Waals surface area (Å²) in [4.78, 5) is 11.4. The van der Waals surface area contributed by atoms with E-state index in [1.807, 2.05) is 6.92 Å². The van der Waals surface area contributed by atoms with Crippen molar-refractivity contribution in [2.45, 2.75) is 26.1 Å². The Morgan fingerprint density at radius 1 is 1.50 bits per heavy atom. The number of cyclic esters (lactones) is 1. The van der Waals surface area contributed by atoms with Gasteiger partial charge >= 0.3 is 5.97 Å². The molecule has 0 saturated carbocycles. The summed E-state index contributed by atoms with van der Waals surface area (Å²) in [6.07, 6.45) is 1.69. The van der Waals surface area contributed by atoms with E-state index in [4.69, 9.17) is 9.47 Å². The fourth-order valence-corrected chi connectivity index (χ4v) is 1.59. The van der Waals surface area contributed by atoms with Crippen molar-refractivity contribution in [3.8, 4) is 0 Å². The molecule has 0 fully saturated rings. The fraction of sp³-hybridized carbons (Fsp3) is 0.700. The molecule has 0 bridgehead atoms. The van der Waals surface area contributed by atoms with Crippen LogP contribution in [0.15, 0.2) is 12.3 Å². The minimum absolute atomic E-state index is 0.0456. The van der Waals surface area contributed by atoms with Crippen LogP contribution in [0, 0.1) is 11.8 Å². The minimum atomic E-state index is -0.697. The summed E-state index contributed by atoms with van der Waals surface area (Å²) in [5.41, 5.74) is 0. The monoisotopic (exact) mass is 200 g/mol. The van der Waals surface area contributed by atoms with Gasteiger partial charge in [0.05, 0.1) is 12.4 Å². The second kappa shape index (κ2) is 4.57. The summed E-state index contributed by atoms with van der Waals surface area (Å²) in [5, 5.41) is 9.83. The molecule has 4 heteroatoms. The number of carbonyl (C=O) groups excluding carboxylic acids is 1. The third kappa shape index (κ3) is 2.13. The predicted molar refractivity (Wildman–Crippen MR) is 50.4 cm³/mol. The first-order chi connectivity index (χ1) is 6.57. The molecular weight excluding hydrogens is 184 g/mol. The SMILES string of the molecule is COC1C(=O)O/C=C/C(C)C(O)C1C. The van der Waals surface area contributed by atoms with Gasteiger partial charge in [0, 0.05) is 18.9 Å². The van der Waals surface area contributed by atoms with Gasteiger partial charge in [0.15, 0.2) is 6.10 Å². The summed E-state index contributed by atoms with van der Waals surface area (Å²) in [6, 6.07) is 0. The highest BCUT2D eigenvalue weighted by Crippen LogP contribution is 2.22. The third-order valence-electron chi connectivity index (χ3n) is 2.61. The fourth-order valence-electron chi connectivity index (χ4n) is 1.59. The van der Waals surface area contributed by atoms with E-state index in [0.717, 1.165) is 0 Å². The van der Waals surface area contributed by atoms with Crippen LogP contribution in [0.5, 0.6) is 0 Å². The number of hydrogen-bond donors (Lipinski definition) is 1. The molecular formula is C10H16O4. The standard InChI is InChI=1S/C10H16O4/c1-6-4-5-14-10(12)9(13-3)7(2)8(6)11/h4-9,11H,1-3H3/b5-4+. The zero-order valence-electron chi connectivity index (χ0n) is 8.64. The molecule has 1 N–H and O–H groups in total. The summed E-state index contributed by atoms with van der Waals surface area (Å²) in [6.45, 7) is 3.64. The van der Waals surface area contributed by atoms with Crippen molar-refractivity contribution in [3.05, 3.63) is 12.3 Å². The largest absolute Gasteiger partial charge is 0.433 e. The molecule has 0 spiro atoms. The summed E-state index contributed by atoms with van der Waals surface area (Å²) < 4.78 is 9.82. The molecule has 0 aliphatic carbocycles. The Morgan fingerprint density at radius 3 is 2.71 bits per heavy atom. The first-order valence-corrected chi connectivity index (χ1v) is 4.66. The van der Waals surface area contributed by atoms with Crippen molar-refractivity contribution in [1.29, 1.82) is 0 Å². The van der Waals surface area contributed by atoms with Crippen molar-refractivity contribution in [2.75, 3.05) is 7.11 Å². The number of aliphatic hydroxyl groups is 1. The van der Waals surface area contributed by atoms with Crippen molar-refractivity contribution >= 4 is 5.97 Å². The molecule has 1 aliphatic heterocycles. The van der Waals surface area contributed by atoms with E-state index < -0.39 is 18.2 Å². The number of rotatable bonds is 1. The van der Waals surface area contributed by atoms with Crippen LogP contribution >= 0.6 is 0 Å². The van der Waals surface area contributed by atoms with Crippen LogP contribution in [-0.2, 0) is 14.3 Å². The average molecular weight is 200 g/mol. The lowest BCUT2D eigenvalue weighted by Gasteiger charge is -2.29. The lowest BCUT2D eigenvalue weighted by molar-refractivity contribution is -0.157. The second-order valence-corrected chi connectivity index (χ2v) is 3.63. The van der Waals surface area contributed by atoms with Crippen molar-refractivity contribution in [3.63, 3.8) is 0 Å². The summed E-state index contributed by atoms with van der Waals surface area (Å²) in [5.74, 6) is -0.773. The number of methoxy groups -OCH3 is 1. The molecule has 0 radical (unpaired) electrons. The van der Waals surface area contributed by atoms with Gasteiger partial charge in [0.1, 0.15) is 0 Å². The van der Waals surface area contributed by atoms with Crippen LogP contribution < -0.4 is 0 Å². The lowest BCUT2D eigenvalue weighted by Crippen LogP contribution is -2.41. The van der Waals surface area contributed by atoms with Gasteiger partial charge in [0.2, 0.25) is 0 Å². The Balaban J connectivity index is 2.87. The Hall–Kier alpha value is -0.870. The van der Waals surface area contributed by atoms with E-state index in [-0.39, 0.29) is 11.8 Å². The highest BCUT2D eigenvalue weighted by Gasteiger charge is 2.34. The zero-order chi connectivity index (χ0) is 10.7. The minimum Gasteiger partial charge on any atom is -0.433 e. The molecule has 0 aromatic rings. The summed E-state index contributed by atoms with van der Waals surface area (Å²) in [7, 11) is 1.44. The number of esters is 1. The highest BCUT2D eigenvalue weighted by atomic mass is 16.6.